The van der Waals surface area contributed by atoms with Gasteiger partial charge in [0.15, 0.2) is 0 Å². The van der Waals surface area contributed by atoms with Gasteiger partial charge in [0.25, 0.3) is 0 Å². The number of hydrogen-bond donors (Lipinski definition) is 1. The third-order valence-corrected chi connectivity index (χ3v) is 4.09. The van der Waals surface area contributed by atoms with E-state index in [-0.39, 0.29) is 5.82 Å². The predicted octanol–water partition coefficient (Wildman–Crippen LogP) is 4.02. The van der Waals surface area contributed by atoms with E-state index in [1.807, 2.05) is 6.07 Å². The fourth-order valence-electron chi connectivity index (χ4n) is 3.09. The Balaban J connectivity index is 2.13. The summed E-state index contributed by atoms with van der Waals surface area (Å²) >= 11 is 0. The van der Waals surface area contributed by atoms with Crippen LogP contribution in [0.1, 0.15) is 50.2 Å². The van der Waals surface area contributed by atoms with Crippen molar-refractivity contribution < 1.29 is 4.39 Å². The van der Waals surface area contributed by atoms with E-state index in [4.69, 9.17) is 0 Å². The molecule has 1 nitrogen and oxygen atoms in total. The second kappa shape index (κ2) is 5.83. The van der Waals surface area contributed by atoms with Crippen LogP contribution in [0.3, 0.4) is 0 Å². The van der Waals surface area contributed by atoms with Gasteiger partial charge in [-0.2, -0.15) is 0 Å². The molecule has 1 aromatic carbocycles. The van der Waals surface area contributed by atoms with Crippen LogP contribution in [0.5, 0.6) is 0 Å². The molecule has 1 aliphatic rings. The van der Waals surface area contributed by atoms with E-state index in [2.05, 4.69) is 26.1 Å². The highest BCUT2D eigenvalue weighted by Gasteiger charge is 2.29. The molecule has 2 heteroatoms. The zero-order chi connectivity index (χ0) is 13.1. The highest BCUT2D eigenvalue weighted by Crippen LogP contribution is 2.40. The average Bonchev–Trinajstić information content (AvgIpc) is 2.77. The average molecular weight is 249 g/mol. The quantitative estimate of drug-likeness (QED) is 0.850. The Bertz CT molecular complexity index is 400. The maximum Gasteiger partial charge on any atom is 0.123 e. The highest BCUT2D eigenvalue weighted by molar-refractivity contribution is 5.31. The van der Waals surface area contributed by atoms with Crippen molar-refractivity contribution in [3.63, 3.8) is 0 Å². The molecule has 100 valence electrons. The molecule has 18 heavy (non-hydrogen) atoms. The molecule has 0 saturated heterocycles. The standard InChI is InChI=1S/C16H24FN/c1-11(2)18-10-13-5-4-6-15(13)16-9-14(17)8-7-12(16)3/h7-9,11,13,15,18H,4-6,10H2,1-3H3. The van der Waals surface area contributed by atoms with E-state index in [0.29, 0.717) is 17.9 Å². The van der Waals surface area contributed by atoms with Crippen molar-refractivity contribution in [1.82, 2.24) is 5.32 Å². The van der Waals surface area contributed by atoms with Crippen molar-refractivity contribution in [2.24, 2.45) is 5.92 Å². The monoisotopic (exact) mass is 249 g/mol. The first-order valence-electron chi connectivity index (χ1n) is 7.07. The summed E-state index contributed by atoms with van der Waals surface area (Å²) in [6, 6.07) is 5.75. The Hall–Kier alpha value is -0.890. The van der Waals surface area contributed by atoms with Crippen molar-refractivity contribution >= 4 is 0 Å². The number of hydrogen-bond acceptors (Lipinski definition) is 1. The molecule has 2 rings (SSSR count). The zero-order valence-corrected chi connectivity index (χ0v) is 11.7. The minimum Gasteiger partial charge on any atom is -0.314 e. The van der Waals surface area contributed by atoms with Crippen LogP contribution in [0.15, 0.2) is 18.2 Å². The van der Waals surface area contributed by atoms with Crippen molar-refractivity contribution in [2.45, 2.75) is 52.0 Å². The summed E-state index contributed by atoms with van der Waals surface area (Å²) in [7, 11) is 0. The molecule has 1 aliphatic carbocycles. The molecule has 2 unspecified atom stereocenters. The first kappa shape index (κ1) is 13.5. The number of aryl methyl sites for hydroxylation is 1. The van der Waals surface area contributed by atoms with E-state index in [1.54, 1.807) is 12.1 Å². The van der Waals surface area contributed by atoms with Gasteiger partial charge < -0.3 is 5.32 Å². The molecule has 0 spiro atoms. The van der Waals surface area contributed by atoms with Crippen LogP contribution in [0, 0.1) is 18.7 Å². The Kier molecular flexibility index (Phi) is 4.39. The van der Waals surface area contributed by atoms with Gasteiger partial charge in [-0.25, -0.2) is 4.39 Å². The van der Waals surface area contributed by atoms with E-state index >= 15 is 0 Å². The number of halogens is 1. The number of rotatable bonds is 4. The molecule has 0 radical (unpaired) electrons. The van der Waals surface area contributed by atoms with Gasteiger partial charge in [-0.1, -0.05) is 26.3 Å². The predicted molar refractivity (Wildman–Crippen MR) is 74.4 cm³/mol. The summed E-state index contributed by atoms with van der Waals surface area (Å²) in [5.41, 5.74) is 2.46. The van der Waals surface area contributed by atoms with Crippen LogP contribution in [0.4, 0.5) is 4.39 Å². The highest BCUT2D eigenvalue weighted by atomic mass is 19.1. The zero-order valence-electron chi connectivity index (χ0n) is 11.7. The molecule has 1 N–H and O–H groups in total. The van der Waals surface area contributed by atoms with Crippen LogP contribution in [-0.4, -0.2) is 12.6 Å². The molecule has 1 aromatic rings. The molecule has 1 fully saturated rings. The van der Waals surface area contributed by atoms with Gasteiger partial charge in [0.1, 0.15) is 5.82 Å². The minimum atomic E-state index is -0.0990. The van der Waals surface area contributed by atoms with Crippen molar-refractivity contribution in [1.29, 1.82) is 0 Å². The summed E-state index contributed by atoms with van der Waals surface area (Å²) < 4.78 is 13.4. The van der Waals surface area contributed by atoms with Crippen LogP contribution < -0.4 is 5.32 Å². The third kappa shape index (κ3) is 3.11. The second-order valence-electron chi connectivity index (χ2n) is 5.86. The van der Waals surface area contributed by atoms with Gasteiger partial charge in [-0.3, -0.25) is 0 Å². The van der Waals surface area contributed by atoms with Crippen LogP contribution in [-0.2, 0) is 0 Å². The normalized spacial score (nSPS) is 23.8. The number of nitrogens with one attached hydrogen (secondary N) is 1. The lowest BCUT2D eigenvalue weighted by Gasteiger charge is -2.23. The largest absolute Gasteiger partial charge is 0.314 e. The van der Waals surface area contributed by atoms with E-state index < -0.39 is 0 Å². The van der Waals surface area contributed by atoms with Gasteiger partial charge in [0.05, 0.1) is 0 Å². The van der Waals surface area contributed by atoms with Crippen molar-refractivity contribution in [2.75, 3.05) is 6.54 Å². The van der Waals surface area contributed by atoms with Gasteiger partial charge >= 0.3 is 0 Å². The third-order valence-electron chi connectivity index (χ3n) is 4.09. The Morgan fingerprint density at radius 1 is 1.33 bits per heavy atom. The maximum atomic E-state index is 13.4. The molecular weight excluding hydrogens is 225 g/mol. The molecule has 0 aromatic heterocycles. The SMILES string of the molecule is Cc1ccc(F)cc1C1CCCC1CNC(C)C. The summed E-state index contributed by atoms with van der Waals surface area (Å²) in [5.74, 6) is 1.10. The summed E-state index contributed by atoms with van der Waals surface area (Å²) in [6.07, 6.45) is 3.74. The van der Waals surface area contributed by atoms with Crippen molar-refractivity contribution in [3.05, 3.63) is 35.1 Å². The lowest BCUT2D eigenvalue weighted by molar-refractivity contribution is 0.421. The Labute approximate surface area is 110 Å². The maximum absolute atomic E-state index is 13.4. The fourth-order valence-corrected chi connectivity index (χ4v) is 3.09. The van der Waals surface area contributed by atoms with E-state index in [1.165, 1.54) is 30.4 Å². The Morgan fingerprint density at radius 2 is 2.11 bits per heavy atom. The van der Waals surface area contributed by atoms with Gasteiger partial charge in [-0.15, -0.1) is 0 Å². The van der Waals surface area contributed by atoms with Crippen LogP contribution in [0.25, 0.3) is 0 Å². The van der Waals surface area contributed by atoms with Crippen molar-refractivity contribution in [3.8, 4) is 0 Å². The Morgan fingerprint density at radius 3 is 2.83 bits per heavy atom. The molecule has 0 heterocycles. The minimum absolute atomic E-state index is 0.0990. The summed E-state index contributed by atoms with van der Waals surface area (Å²) in [4.78, 5) is 0. The number of benzene rings is 1. The van der Waals surface area contributed by atoms with Gasteiger partial charge in [0, 0.05) is 6.04 Å². The fraction of sp³-hybridized carbons (Fsp3) is 0.625. The van der Waals surface area contributed by atoms with Crippen LogP contribution in [0.2, 0.25) is 0 Å². The van der Waals surface area contributed by atoms with E-state index in [0.717, 1.165) is 6.54 Å². The summed E-state index contributed by atoms with van der Waals surface area (Å²) in [6.45, 7) is 7.51. The van der Waals surface area contributed by atoms with E-state index in [9.17, 15) is 4.39 Å². The first-order valence-corrected chi connectivity index (χ1v) is 7.07. The first-order chi connectivity index (χ1) is 8.58. The molecule has 1 saturated carbocycles. The lowest BCUT2D eigenvalue weighted by atomic mass is 9.86. The van der Waals surface area contributed by atoms with Crippen LogP contribution >= 0.6 is 0 Å². The molecule has 0 aliphatic heterocycles. The summed E-state index contributed by atoms with van der Waals surface area (Å²) in [5, 5.41) is 3.53. The molecule has 0 bridgehead atoms. The van der Waals surface area contributed by atoms with Gasteiger partial charge in [-0.05, 0) is 61.4 Å². The topological polar surface area (TPSA) is 12.0 Å². The second-order valence-corrected chi connectivity index (χ2v) is 5.86. The van der Waals surface area contributed by atoms with Gasteiger partial charge in [0.2, 0.25) is 0 Å². The molecular formula is C16H24FN. The molecule has 0 amide bonds. The lowest BCUT2D eigenvalue weighted by Crippen LogP contribution is -2.30. The smallest absolute Gasteiger partial charge is 0.123 e. The molecule has 2 atom stereocenters.